The fraction of sp³-hybridized carbons (Fsp3) is 0.176. The second-order valence-electron chi connectivity index (χ2n) is 4.82. The van der Waals surface area contributed by atoms with Crippen LogP contribution in [0.2, 0.25) is 0 Å². The van der Waals surface area contributed by atoms with Crippen molar-refractivity contribution >= 4 is 33.5 Å². The molecule has 0 aliphatic rings. The van der Waals surface area contributed by atoms with Crippen LogP contribution in [0.3, 0.4) is 0 Å². The summed E-state index contributed by atoms with van der Waals surface area (Å²) in [5, 5.41) is 2.63. The van der Waals surface area contributed by atoms with Crippen molar-refractivity contribution in [3.05, 3.63) is 58.6 Å². The summed E-state index contributed by atoms with van der Waals surface area (Å²) >= 11 is 3.31. The first kappa shape index (κ1) is 17.0. The van der Waals surface area contributed by atoms with Gasteiger partial charge in [-0.2, -0.15) is 0 Å². The Hall–Kier alpha value is -2.34. The summed E-state index contributed by atoms with van der Waals surface area (Å²) in [7, 11) is 0. The molecule has 0 radical (unpaired) electrons. The van der Waals surface area contributed by atoms with Crippen molar-refractivity contribution in [2.45, 2.75) is 6.92 Å². The van der Waals surface area contributed by atoms with Gasteiger partial charge in [0.15, 0.2) is 13.2 Å². The van der Waals surface area contributed by atoms with Crippen molar-refractivity contribution in [2.75, 3.05) is 18.5 Å². The minimum atomic E-state index is -0.602. The number of nitrogens with one attached hydrogen (secondary N) is 1. The second-order valence-corrected chi connectivity index (χ2v) is 5.74. The van der Waals surface area contributed by atoms with Gasteiger partial charge in [0, 0.05) is 10.2 Å². The average molecular weight is 378 g/mol. The highest BCUT2D eigenvalue weighted by atomic mass is 79.9. The molecule has 0 heterocycles. The van der Waals surface area contributed by atoms with Crippen LogP contribution in [0.4, 0.5) is 5.69 Å². The molecular formula is C17H16BrNO4. The Bertz CT molecular complexity index is 685. The second kappa shape index (κ2) is 8.33. The number of hydrogen-bond donors (Lipinski definition) is 1. The summed E-state index contributed by atoms with van der Waals surface area (Å²) in [5.41, 5.74) is 1.72. The van der Waals surface area contributed by atoms with Gasteiger partial charge in [0.2, 0.25) is 0 Å². The third kappa shape index (κ3) is 6.12. The van der Waals surface area contributed by atoms with Crippen molar-refractivity contribution in [3.8, 4) is 5.75 Å². The zero-order valence-electron chi connectivity index (χ0n) is 12.5. The lowest BCUT2D eigenvalue weighted by atomic mass is 10.2. The summed E-state index contributed by atoms with van der Waals surface area (Å²) in [6.45, 7) is 1.36. The van der Waals surface area contributed by atoms with Crippen LogP contribution in [0, 0.1) is 6.92 Å². The highest BCUT2D eigenvalue weighted by Crippen LogP contribution is 2.15. The highest BCUT2D eigenvalue weighted by Gasteiger charge is 2.09. The fourth-order valence-electron chi connectivity index (χ4n) is 1.73. The van der Waals surface area contributed by atoms with Crippen LogP contribution in [0.5, 0.6) is 5.75 Å². The zero-order valence-corrected chi connectivity index (χ0v) is 14.1. The van der Waals surface area contributed by atoms with Crippen molar-refractivity contribution in [1.82, 2.24) is 0 Å². The average Bonchev–Trinajstić information content (AvgIpc) is 2.52. The van der Waals surface area contributed by atoms with E-state index in [-0.39, 0.29) is 13.2 Å². The molecule has 120 valence electrons. The summed E-state index contributed by atoms with van der Waals surface area (Å²) in [6.07, 6.45) is 0. The van der Waals surface area contributed by atoms with E-state index in [0.29, 0.717) is 11.4 Å². The van der Waals surface area contributed by atoms with E-state index in [1.54, 1.807) is 30.3 Å². The minimum Gasteiger partial charge on any atom is -0.482 e. The van der Waals surface area contributed by atoms with Gasteiger partial charge in [0.1, 0.15) is 5.75 Å². The molecule has 0 aliphatic carbocycles. The largest absolute Gasteiger partial charge is 0.482 e. The van der Waals surface area contributed by atoms with E-state index in [4.69, 9.17) is 9.47 Å². The fourth-order valence-corrected chi connectivity index (χ4v) is 2.13. The third-order valence-corrected chi connectivity index (χ3v) is 3.34. The summed E-state index contributed by atoms with van der Waals surface area (Å²) in [6, 6.07) is 14.4. The van der Waals surface area contributed by atoms with E-state index >= 15 is 0 Å². The number of rotatable bonds is 6. The predicted molar refractivity (Wildman–Crippen MR) is 90.4 cm³/mol. The lowest BCUT2D eigenvalue weighted by molar-refractivity contribution is -0.149. The van der Waals surface area contributed by atoms with Gasteiger partial charge in [-0.05, 0) is 37.3 Å². The van der Waals surface area contributed by atoms with E-state index in [0.717, 1.165) is 10.0 Å². The van der Waals surface area contributed by atoms with E-state index in [9.17, 15) is 9.59 Å². The van der Waals surface area contributed by atoms with Gasteiger partial charge in [-0.3, -0.25) is 4.79 Å². The molecule has 0 bridgehead atoms. The standard InChI is InChI=1S/C17H16BrNO4/c1-12-5-7-15(8-6-12)22-11-17(21)23-10-16(20)19-14-4-2-3-13(18)9-14/h2-9H,10-11H2,1H3,(H,19,20). The van der Waals surface area contributed by atoms with E-state index in [1.807, 2.05) is 25.1 Å². The van der Waals surface area contributed by atoms with Gasteiger partial charge < -0.3 is 14.8 Å². The highest BCUT2D eigenvalue weighted by molar-refractivity contribution is 9.10. The summed E-state index contributed by atoms with van der Waals surface area (Å²) in [5.74, 6) is -0.437. The predicted octanol–water partition coefficient (Wildman–Crippen LogP) is 3.32. The number of esters is 1. The van der Waals surface area contributed by atoms with Crippen LogP contribution in [-0.4, -0.2) is 25.1 Å². The van der Waals surface area contributed by atoms with E-state index in [1.165, 1.54) is 0 Å². The van der Waals surface area contributed by atoms with Crippen LogP contribution >= 0.6 is 15.9 Å². The van der Waals surface area contributed by atoms with Crippen LogP contribution in [-0.2, 0) is 14.3 Å². The lowest BCUT2D eigenvalue weighted by Gasteiger charge is -2.08. The molecule has 1 amide bonds. The van der Waals surface area contributed by atoms with Crippen molar-refractivity contribution in [2.24, 2.45) is 0 Å². The quantitative estimate of drug-likeness (QED) is 0.784. The minimum absolute atomic E-state index is 0.243. The first-order valence-electron chi connectivity index (χ1n) is 6.93. The molecule has 23 heavy (non-hydrogen) atoms. The SMILES string of the molecule is Cc1ccc(OCC(=O)OCC(=O)Nc2cccc(Br)c2)cc1. The van der Waals surface area contributed by atoms with Crippen LogP contribution in [0.25, 0.3) is 0 Å². The first-order chi connectivity index (χ1) is 11.0. The van der Waals surface area contributed by atoms with Crippen molar-refractivity contribution in [1.29, 1.82) is 0 Å². The third-order valence-electron chi connectivity index (χ3n) is 2.85. The molecule has 2 rings (SSSR count). The van der Waals surface area contributed by atoms with Gasteiger partial charge in [-0.25, -0.2) is 4.79 Å². The Morgan fingerprint density at radius 1 is 1.09 bits per heavy atom. The molecule has 0 saturated carbocycles. The molecule has 0 aliphatic heterocycles. The summed E-state index contributed by atoms with van der Waals surface area (Å²) in [4.78, 5) is 23.3. The first-order valence-corrected chi connectivity index (χ1v) is 7.73. The number of halogens is 1. The molecule has 5 nitrogen and oxygen atoms in total. The number of hydrogen-bond acceptors (Lipinski definition) is 4. The maximum Gasteiger partial charge on any atom is 0.344 e. The molecule has 0 atom stereocenters. The maximum absolute atomic E-state index is 11.7. The molecule has 0 unspecified atom stereocenters. The zero-order chi connectivity index (χ0) is 16.7. The maximum atomic E-state index is 11.7. The van der Waals surface area contributed by atoms with Gasteiger partial charge in [-0.15, -0.1) is 0 Å². The topological polar surface area (TPSA) is 64.6 Å². The van der Waals surface area contributed by atoms with Crippen LogP contribution < -0.4 is 10.1 Å². The molecule has 0 saturated heterocycles. The molecule has 6 heteroatoms. The molecule has 0 aromatic heterocycles. The van der Waals surface area contributed by atoms with Crippen LogP contribution in [0.1, 0.15) is 5.56 Å². The Kier molecular flexibility index (Phi) is 6.17. The molecule has 1 N–H and O–H groups in total. The summed E-state index contributed by atoms with van der Waals surface area (Å²) < 4.78 is 11.0. The molecule has 2 aromatic carbocycles. The lowest BCUT2D eigenvalue weighted by Crippen LogP contribution is -2.23. The number of amides is 1. The smallest absolute Gasteiger partial charge is 0.344 e. The van der Waals surface area contributed by atoms with Gasteiger partial charge in [-0.1, -0.05) is 39.7 Å². The molecular weight excluding hydrogens is 362 g/mol. The number of benzene rings is 2. The van der Waals surface area contributed by atoms with E-state index in [2.05, 4.69) is 21.2 Å². The van der Waals surface area contributed by atoms with Crippen molar-refractivity contribution in [3.63, 3.8) is 0 Å². The van der Waals surface area contributed by atoms with E-state index < -0.39 is 11.9 Å². The number of carbonyl (C=O) groups is 2. The normalized spacial score (nSPS) is 10.0. The van der Waals surface area contributed by atoms with Gasteiger partial charge in [0.05, 0.1) is 0 Å². The Morgan fingerprint density at radius 2 is 1.83 bits per heavy atom. The molecule has 2 aromatic rings. The van der Waals surface area contributed by atoms with Crippen molar-refractivity contribution < 1.29 is 19.1 Å². The molecule has 0 fully saturated rings. The Morgan fingerprint density at radius 3 is 2.52 bits per heavy atom. The van der Waals surface area contributed by atoms with Gasteiger partial charge in [0.25, 0.3) is 5.91 Å². The molecule has 0 spiro atoms. The number of anilines is 1. The number of aryl methyl sites for hydroxylation is 1. The number of carbonyl (C=O) groups excluding carboxylic acids is 2. The van der Waals surface area contributed by atoms with Crippen LogP contribution in [0.15, 0.2) is 53.0 Å². The monoisotopic (exact) mass is 377 g/mol. The Balaban J connectivity index is 1.71. The number of ether oxygens (including phenoxy) is 2. The van der Waals surface area contributed by atoms with Gasteiger partial charge >= 0.3 is 5.97 Å². The Labute approximate surface area is 142 Å².